The molecular weight excluding hydrogens is 240 g/mol. The smallest absolute Gasteiger partial charge is 0.115 e. The maximum Gasteiger partial charge on any atom is 0.115 e. The van der Waals surface area contributed by atoms with Gasteiger partial charge in [0.2, 0.25) is 0 Å². The molecule has 0 radical (unpaired) electrons. The molecular formula is C12H17ClN2S. The van der Waals surface area contributed by atoms with Crippen molar-refractivity contribution < 1.29 is 0 Å². The van der Waals surface area contributed by atoms with Crippen LogP contribution < -0.4 is 5.32 Å². The first kappa shape index (κ1) is 12.2. The minimum absolute atomic E-state index is 0.619. The van der Waals surface area contributed by atoms with Gasteiger partial charge < -0.3 is 5.32 Å². The molecule has 1 fully saturated rings. The molecule has 1 aromatic heterocycles. The summed E-state index contributed by atoms with van der Waals surface area (Å²) in [6, 6.07) is 4.39. The van der Waals surface area contributed by atoms with Gasteiger partial charge in [-0.15, -0.1) is 11.8 Å². The van der Waals surface area contributed by atoms with E-state index in [1.807, 2.05) is 12.1 Å². The molecule has 2 rings (SSSR count). The summed E-state index contributed by atoms with van der Waals surface area (Å²) < 4.78 is 0. The maximum atomic E-state index is 6.08. The van der Waals surface area contributed by atoms with E-state index in [1.54, 1.807) is 18.0 Å². The SMILES string of the molecule is CCNC(CSc1ncccc1Cl)C1CC1. The zero-order valence-electron chi connectivity index (χ0n) is 9.45. The van der Waals surface area contributed by atoms with Crippen LogP contribution in [0.1, 0.15) is 19.8 Å². The zero-order chi connectivity index (χ0) is 11.4. The molecule has 1 aliphatic carbocycles. The number of hydrogen-bond donors (Lipinski definition) is 1. The Morgan fingerprint density at radius 3 is 3.06 bits per heavy atom. The van der Waals surface area contributed by atoms with Crippen molar-refractivity contribution in [2.24, 2.45) is 5.92 Å². The van der Waals surface area contributed by atoms with Crippen molar-refractivity contribution in [3.8, 4) is 0 Å². The van der Waals surface area contributed by atoms with Gasteiger partial charge in [0.1, 0.15) is 5.03 Å². The first-order valence-corrected chi connectivity index (χ1v) is 7.14. The minimum atomic E-state index is 0.619. The number of pyridine rings is 1. The summed E-state index contributed by atoms with van der Waals surface area (Å²) in [6.45, 7) is 3.20. The highest BCUT2D eigenvalue weighted by atomic mass is 35.5. The van der Waals surface area contributed by atoms with E-state index in [9.17, 15) is 0 Å². The van der Waals surface area contributed by atoms with Crippen molar-refractivity contribution >= 4 is 23.4 Å². The Hall–Kier alpha value is -0.250. The topological polar surface area (TPSA) is 24.9 Å². The molecule has 0 bridgehead atoms. The largest absolute Gasteiger partial charge is 0.313 e. The summed E-state index contributed by atoms with van der Waals surface area (Å²) in [7, 11) is 0. The van der Waals surface area contributed by atoms with E-state index in [2.05, 4.69) is 17.2 Å². The molecule has 1 atom stereocenters. The van der Waals surface area contributed by atoms with Crippen LogP contribution in [0.5, 0.6) is 0 Å². The minimum Gasteiger partial charge on any atom is -0.313 e. The second-order valence-electron chi connectivity index (χ2n) is 4.10. The lowest BCUT2D eigenvalue weighted by atomic mass is 10.2. The first-order valence-electron chi connectivity index (χ1n) is 5.78. The Bertz CT molecular complexity index is 342. The van der Waals surface area contributed by atoms with Crippen LogP contribution >= 0.6 is 23.4 Å². The molecule has 0 amide bonds. The van der Waals surface area contributed by atoms with Crippen LogP contribution in [0.4, 0.5) is 0 Å². The fraction of sp³-hybridized carbons (Fsp3) is 0.583. The summed E-state index contributed by atoms with van der Waals surface area (Å²) >= 11 is 7.83. The van der Waals surface area contributed by atoms with Crippen molar-refractivity contribution in [2.75, 3.05) is 12.3 Å². The van der Waals surface area contributed by atoms with Crippen LogP contribution in [-0.2, 0) is 0 Å². The molecule has 1 aliphatic rings. The zero-order valence-corrected chi connectivity index (χ0v) is 11.0. The van der Waals surface area contributed by atoms with Crippen LogP contribution in [0.3, 0.4) is 0 Å². The second-order valence-corrected chi connectivity index (χ2v) is 5.52. The molecule has 0 saturated heterocycles. The van der Waals surface area contributed by atoms with E-state index in [4.69, 9.17) is 11.6 Å². The lowest BCUT2D eigenvalue weighted by Crippen LogP contribution is -2.33. The predicted molar refractivity (Wildman–Crippen MR) is 70.2 cm³/mol. The standard InChI is InChI=1S/C12H17ClN2S/c1-2-14-11(9-5-6-9)8-16-12-10(13)4-3-7-15-12/h3-4,7,9,11,14H,2,5-6,8H2,1H3. The van der Waals surface area contributed by atoms with Crippen molar-refractivity contribution in [1.29, 1.82) is 0 Å². The van der Waals surface area contributed by atoms with Crippen molar-refractivity contribution in [1.82, 2.24) is 10.3 Å². The normalized spacial score (nSPS) is 17.4. The molecule has 1 N–H and O–H groups in total. The average Bonchev–Trinajstić information content (AvgIpc) is 3.10. The van der Waals surface area contributed by atoms with Gasteiger partial charge in [0.05, 0.1) is 5.02 Å². The van der Waals surface area contributed by atoms with Gasteiger partial charge in [0.25, 0.3) is 0 Å². The quantitative estimate of drug-likeness (QED) is 0.792. The molecule has 1 heterocycles. The van der Waals surface area contributed by atoms with E-state index in [0.29, 0.717) is 6.04 Å². The summed E-state index contributed by atoms with van der Waals surface area (Å²) in [5, 5.41) is 5.26. The fourth-order valence-electron chi connectivity index (χ4n) is 1.77. The predicted octanol–water partition coefficient (Wildman–Crippen LogP) is 3.22. The van der Waals surface area contributed by atoms with E-state index in [1.165, 1.54) is 12.8 Å². The lowest BCUT2D eigenvalue weighted by Gasteiger charge is -2.16. The summed E-state index contributed by atoms with van der Waals surface area (Å²) in [4.78, 5) is 4.29. The molecule has 0 aliphatic heterocycles. The van der Waals surface area contributed by atoms with E-state index >= 15 is 0 Å². The monoisotopic (exact) mass is 256 g/mol. The molecule has 0 spiro atoms. The van der Waals surface area contributed by atoms with Crippen molar-refractivity contribution in [2.45, 2.75) is 30.8 Å². The lowest BCUT2D eigenvalue weighted by molar-refractivity contribution is 0.519. The third-order valence-electron chi connectivity index (χ3n) is 2.78. The molecule has 4 heteroatoms. The first-order chi connectivity index (χ1) is 7.81. The molecule has 1 saturated carbocycles. The molecule has 88 valence electrons. The van der Waals surface area contributed by atoms with Crippen LogP contribution in [0, 0.1) is 5.92 Å². The van der Waals surface area contributed by atoms with Crippen LogP contribution in [0.2, 0.25) is 5.02 Å². The molecule has 2 nitrogen and oxygen atoms in total. The Kier molecular flexibility index (Phi) is 4.50. The van der Waals surface area contributed by atoms with Gasteiger partial charge in [-0.05, 0) is 37.4 Å². The van der Waals surface area contributed by atoms with Gasteiger partial charge in [-0.1, -0.05) is 18.5 Å². The Labute approximate surface area is 106 Å². The van der Waals surface area contributed by atoms with Gasteiger partial charge in [0.15, 0.2) is 0 Å². The second kappa shape index (κ2) is 5.89. The number of hydrogen-bond acceptors (Lipinski definition) is 3. The number of rotatable bonds is 6. The molecule has 1 unspecified atom stereocenters. The molecule has 16 heavy (non-hydrogen) atoms. The average molecular weight is 257 g/mol. The number of halogens is 1. The number of nitrogens with one attached hydrogen (secondary N) is 1. The molecule has 0 aromatic carbocycles. The summed E-state index contributed by atoms with van der Waals surface area (Å²) in [5.41, 5.74) is 0. The van der Waals surface area contributed by atoms with Crippen LogP contribution in [0.15, 0.2) is 23.4 Å². The Morgan fingerprint density at radius 1 is 1.62 bits per heavy atom. The van der Waals surface area contributed by atoms with Gasteiger partial charge in [0, 0.05) is 18.0 Å². The highest BCUT2D eigenvalue weighted by molar-refractivity contribution is 7.99. The van der Waals surface area contributed by atoms with Crippen molar-refractivity contribution in [3.05, 3.63) is 23.4 Å². The fourth-order valence-corrected chi connectivity index (χ4v) is 3.12. The maximum absolute atomic E-state index is 6.08. The third kappa shape index (κ3) is 3.37. The van der Waals surface area contributed by atoms with Crippen LogP contribution in [-0.4, -0.2) is 23.3 Å². The van der Waals surface area contributed by atoms with Gasteiger partial charge in [-0.25, -0.2) is 4.98 Å². The number of thioether (sulfide) groups is 1. The van der Waals surface area contributed by atoms with Gasteiger partial charge in [-0.2, -0.15) is 0 Å². The number of aromatic nitrogens is 1. The Morgan fingerprint density at radius 2 is 2.44 bits per heavy atom. The highest BCUT2D eigenvalue weighted by Gasteiger charge is 2.30. The highest BCUT2D eigenvalue weighted by Crippen LogP contribution is 2.35. The summed E-state index contributed by atoms with van der Waals surface area (Å²) in [5.74, 6) is 1.94. The van der Waals surface area contributed by atoms with E-state index in [-0.39, 0.29) is 0 Å². The summed E-state index contributed by atoms with van der Waals surface area (Å²) in [6.07, 6.45) is 4.54. The molecule has 1 aromatic rings. The Balaban J connectivity index is 1.87. The number of nitrogens with zero attached hydrogens (tertiary/aromatic N) is 1. The van der Waals surface area contributed by atoms with E-state index < -0.39 is 0 Å². The van der Waals surface area contributed by atoms with Gasteiger partial charge >= 0.3 is 0 Å². The van der Waals surface area contributed by atoms with E-state index in [0.717, 1.165) is 28.3 Å². The van der Waals surface area contributed by atoms with Gasteiger partial charge in [-0.3, -0.25) is 0 Å². The van der Waals surface area contributed by atoms with Crippen molar-refractivity contribution in [3.63, 3.8) is 0 Å². The van der Waals surface area contributed by atoms with Crippen LogP contribution in [0.25, 0.3) is 0 Å². The third-order valence-corrected chi connectivity index (χ3v) is 4.32.